The van der Waals surface area contributed by atoms with Crippen LogP contribution >= 0.6 is 0 Å². The first-order valence-corrected chi connectivity index (χ1v) is 6.31. The molecular formula is C14H18FNO2. The smallest absolute Gasteiger partial charge is 0.340 e. The van der Waals surface area contributed by atoms with E-state index in [9.17, 15) is 9.18 Å². The van der Waals surface area contributed by atoms with Crippen LogP contribution in [0.15, 0.2) is 18.2 Å². The Morgan fingerprint density at radius 1 is 1.50 bits per heavy atom. The summed E-state index contributed by atoms with van der Waals surface area (Å²) in [4.78, 5) is 13.2. The van der Waals surface area contributed by atoms with Gasteiger partial charge in [-0.15, -0.1) is 0 Å². The molecule has 0 spiro atoms. The third kappa shape index (κ3) is 2.19. The maximum Gasteiger partial charge on any atom is 0.340 e. The third-order valence-corrected chi connectivity index (χ3v) is 3.58. The van der Waals surface area contributed by atoms with Crippen LogP contribution in [-0.4, -0.2) is 23.7 Å². The van der Waals surface area contributed by atoms with E-state index in [2.05, 4.69) is 13.8 Å². The molecule has 0 aliphatic carbocycles. The lowest BCUT2D eigenvalue weighted by Gasteiger charge is -2.30. The number of benzene rings is 1. The van der Waals surface area contributed by atoms with Crippen molar-refractivity contribution in [2.24, 2.45) is 5.92 Å². The highest BCUT2D eigenvalue weighted by Crippen LogP contribution is 2.33. The van der Waals surface area contributed by atoms with Gasteiger partial charge >= 0.3 is 5.97 Å². The van der Waals surface area contributed by atoms with Crippen molar-refractivity contribution in [2.45, 2.75) is 32.7 Å². The van der Waals surface area contributed by atoms with E-state index in [1.807, 2.05) is 4.90 Å². The summed E-state index contributed by atoms with van der Waals surface area (Å²) in [6.07, 6.45) is 2.06. The highest BCUT2D eigenvalue weighted by molar-refractivity contribution is 5.95. The lowest BCUT2D eigenvalue weighted by atomic mass is 10.0. The van der Waals surface area contributed by atoms with Crippen LogP contribution in [0.3, 0.4) is 0 Å². The zero-order valence-corrected chi connectivity index (χ0v) is 10.7. The minimum absolute atomic E-state index is 0.204. The molecule has 1 aliphatic heterocycles. The van der Waals surface area contributed by atoms with Crippen molar-refractivity contribution < 1.29 is 14.3 Å². The van der Waals surface area contributed by atoms with E-state index in [0.717, 1.165) is 19.4 Å². The molecule has 18 heavy (non-hydrogen) atoms. The maximum atomic E-state index is 13.7. The SMILES string of the molecule is CC(C)C1CCCN1c1cccc(F)c1C(=O)O. The van der Waals surface area contributed by atoms with Crippen LogP contribution in [0.25, 0.3) is 0 Å². The molecule has 1 fully saturated rings. The number of nitrogens with zero attached hydrogens (tertiary/aromatic N) is 1. The third-order valence-electron chi connectivity index (χ3n) is 3.58. The Bertz CT molecular complexity index is 459. The van der Waals surface area contributed by atoms with Crippen molar-refractivity contribution in [3.05, 3.63) is 29.6 Å². The molecule has 1 aromatic carbocycles. The zero-order chi connectivity index (χ0) is 13.3. The fraction of sp³-hybridized carbons (Fsp3) is 0.500. The number of carboxylic acids is 1. The lowest BCUT2D eigenvalue weighted by molar-refractivity contribution is 0.0692. The molecule has 1 atom stereocenters. The fourth-order valence-corrected chi connectivity index (χ4v) is 2.75. The van der Waals surface area contributed by atoms with E-state index in [1.54, 1.807) is 12.1 Å². The van der Waals surface area contributed by atoms with E-state index < -0.39 is 11.8 Å². The highest BCUT2D eigenvalue weighted by atomic mass is 19.1. The monoisotopic (exact) mass is 251 g/mol. The molecule has 0 amide bonds. The van der Waals surface area contributed by atoms with Gasteiger partial charge < -0.3 is 10.0 Å². The Hall–Kier alpha value is -1.58. The summed E-state index contributed by atoms with van der Waals surface area (Å²) in [5, 5.41) is 9.17. The van der Waals surface area contributed by atoms with Gasteiger partial charge in [0.15, 0.2) is 0 Å². The van der Waals surface area contributed by atoms with Crippen molar-refractivity contribution >= 4 is 11.7 Å². The van der Waals surface area contributed by atoms with Crippen molar-refractivity contribution in [1.29, 1.82) is 0 Å². The van der Waals surface area contributed by atoms with Gasteiger partial charge in [-0.1, -0.05) is 19.9 Å². The molecular weight excluding hydrogens is 233 g/mol. The van der Waals surface area contributed by atoms with Crippen molar-refractivity contribution in [3.8, 4) is 0 Å². The number of halogens is 1. The van der Waals surface area contributed by atoms with Gasteiger partial charge in [0, 0.05) is 12.6 Å². The van der Waals surface area contributed by atoms with Crippen LogP contribution < -0.4 is 4.90 Å². The molecule has 1 saturated heterocycles. The minimum Gasteiger partial charge on any atom is -0.478 e. The van der Waals surface area contributed by atoms with Crippen LogP contribution in [0.2, 0.25) is 0 Å². The van der Waals surface area contributed by atoms with Gasteiger partial charge in [-0.05, 0) is 30.9 Å². The number of rotatable bonds is 3. The van der Waals surface area contributed by atoms with E-state index >= 15 is 0 Å². The first-order valence-electron chi connectivity index (χ1n) is 6.31. The number of aromatic carboxylic acids is 1. The summed E-state index contributed by atoms with van der Waals surface area (Å²) in [6, 6.07) is 4.78. The summed E-state index contributed by atoms with van der Waals surface area (Å²) >= 11 is 0. The molecule has 1 unspecified atom stereocenters. The van der Waals surface area contributed by atoms with Crippen molar-refractivity contribution in [3.63, 3.8) is 0 Å². The molecule has 2 rings (SSSR count). The lowest BCUT2D eigenvalue weighted by Crippen LogP contribution is -2.34. The van der Waals surface area contributed by atoms with E-state index in [1.165, 1.54) is 6.07 Å². The Morgan fingerprint density at radius 3 is 2.83 bits per heavy atom. The highest BCUT2D eigenvalue weighted by Gasteiger charge is 2.30. The summed E-state index contributed by atoms with van der Waals surface area (Å²) in [6.45, 7) is 5.03. The van der Waals surface area contributed by atoms with Crippen LogP contribution in [0.5, 0.6) is 0 Å². The van der Waals surface area contributed by atoms with E-state index in [0.29, 0.717) is 17.6 Å². The quantitative estimate of drug-likeness (QED) is 0.897. The topological polar surface area (TPSA) is 40.5 Å². The molecule has 1 aromatic rings. The van der Waals surface area contributed by atoms with Crippen molar-refractivity contribution in [1.82, 2.24) is 0 Å². The van der Waals surface area contributed by atoms with Gasteiger partial charge in [-0.2, -0.15) is 0 Å². The van der Waals surface area contributed by atoms with Crippen LogP contribution in [0, 0.1) is 11.7 Å². The van der Waals surface area contributed by atoms with Gasteiger partial charge in [-0.25, -0.2) is 9.18 Å². The molecule has 4 heteroatoms. The molecule has 0 aromatic heterocycles. The molecule has 1 aliphatic rings. The Morgan fingerprint density at radius 2 is 2.22 bits per heavy atom. The minimum atomic E-state index is -1.20. The number of anilines is 1. The van der Waals surface area contributed by atoms with Gasteiger partial charge in [0.2, 0.25) is 0 Å². The first kappa shape index (κ1) is 12.9. The predicted octanol–water partition coefficient (Wildman–Crippen LogP) is 3.15. The molecule has 0 bridgehead atoms. The van der Waals surface area contributed by atoms with Gasteiger partial charge in [0.25, 0.3) is 0 Å². The Labute approximate surface area is 106 Å². The maximum absolute atomic E-state index is 13.7. The molecule has 1 heterocycles. The first-order chi connectivity index (χ1) is 8.52. The average molecular weight is 251 g/mol. The summed E-state index contributed by atoms with van der Waals surface area (Å²) in [5.74, 6) is -1.43. The molecule has 0 saturated carbocycles. The largest absolute Gasteiger partial charge is 0.478 e. The zero-order valence-electron chi connectivity index (χ0n) is 10.7. The number of hydrogen-bond acceptors (Lipinski definition) is 2. The normalized spacial score (nSPS) is 19.6. The summed E-state index contributed by atoms with van der Waals surface area (Å²) in [7, 11) is 0. The second-order valence-corrected chi connectivity index (χ2v) is 5.09. The van der Waals surface area contributed by atoms with Crippen molar-refractivity contribution in [2.75, 3.05) is 11.4 Å². The van der Waals surface area contributed by atoms with Crippen LogP contribution in [0.4, 0.5) is 10.1 Å². The second-order valence-electron chi connectivity index (χ2n) is 5.09. The average Bonchev–Trinajstić information content (AvgIpc) is 2.76. The van der Waals surface area contributed by atoms with Gasteiger partial charge in [-0.3, -0.25) is 0 Å². The summed E-state index contributed by atoms with van der Waals surface area (Å²) in [5.41, 5.74) is 0.309. The molecule has 1 N–H and O–H groups in total. The van der Waals surface area contributed by atoms with E-state index in [-0.39, 0.29) is 5.56 Å². The Balaban J connectivity index is 2.44. The number of carboxylic acid groups (broad SMARTS) is 1. The predicted molar refractivity (Wildman–Crippen MR) is 68.6 cm³/mol. The number of carbonyl (C=O) groups is 1. The standard InChI is InChI=1S/C14H18FNO2/c1-9(2)11-7-4-8-16(11)12-6-3-5-10(15)13(12)14(17)18/h3,5-6,9,11H,4,7-8H2,1-2H3,(H,17,18). The van der Waals surface area contributed by atoms with Gasteiger partial charge in [0.1, 0.15) is 11.4 Å². The van der Waals surface area contributed by atoms with Gasteiger partial charge in [0.05, 0.1) is 5.69 Å². The molecule has 98 valence electrons. The Kier molecular flexibility index (Phi) is 3.55. The van der Waals surface area contributed by atoms with E-state index in [4.69, 9.17) is 5.11 Å². The number of hydrogen-bond donors (Lipinski definition) is 1. The van der Waals surface area contributed by atoms with Crippen LogP contribution in [0.1, 0.15) is 37.0 Å². The summed E-state index contributed by atoms with van der Waals surface area (Å²) < 4.78 is 13.7. The fourth-order valence-electron chi connectivity index (χ4n) is 2.75. The second kappa shape index (κ2) is 4.96. The molecule has 0 radical (unpaired) electrons. The van der Waals surface area contributed by atoms with Crippen LogP contribution in [-0.2, 0) is 0 Å². The molecule has 3 nitrogen and oxygen atoms in total.